The molecule has 1 unspecified atom stereocenters. The van der Waals surface area contributed by atoms with Crippen LogP contribution in [0.3, 0.4) is 0 Å². The zero-order valence-corrected chi connectivity index (χ0v) is 13.3. The molecule has 1 atom stereocenters. The topological polar surface area (TPSA) is 84.2 Å². The molecule has 1 aromatic rings. The predicted molar refractivity (Wildman–Crippen MR) is 87.3 cm³/mol. The molecule has 0 aliphatic heterocycles. The summed E-state index contributed by atoms with van der Waals surface area (Å²) in [6, 6.07) is 7.41. The number of hydrogen-bond donors (Lipinski definition) is 3. The lowest BCUT2D eigenvalue weighted by atomic mass is 9.85. The van der Waals surface area contributed by atoms with Crippen LogP contribution in [0.25, 0.3) is 0 Å². The van der Waals surface area contributed by atoms with Gasteiger partial charge >= 0.3 is 0 Å². The molecule has 0 heterocycles. The summed E-state index contributed by atoms with van der Waals surface area (Å²) in [5.74, 6) is -0.0631. The maximum absolute atomic E-state index is 12.6. The first-order valence-electron chi connectivity index (χ1n) is 7.85. The van der Waals surface area contributed by atoms with Crippen LogP contribution in [0.5, 0.6) is 0 Å². The van der Waals surface area contributed by atoms with Crippen molar-refractivity contribution in [3.63, 3.8) is 0 Å². The summed E-state index contributed by atoms with van der Waals surface area (Å²) < 4.78 is 0. The monoisotopic (exact) mass is 303 g/mol. The minimum atomic E-state index is -0.399. The molecule has 0 radical (unpaired) electrons. The highest BCUT2D eigenvalue weighted by atomic mass is 16.2. The van der Waals surface area contributed by atoms with Gasteiger partial charge in [0.15, 0.2) is 0 Å². The number of rotatable bonds is 5. The summed E-state index contributed by atoms with van der Waals surface area (Å²) in [6.45, 7) is 3.82. The molecule has 1 aromatic carbocycles. The molecule has 1 fully saturated rings. The Labute approximate surface area is 131 Å². The van der Waals surface area contributed by atoms with Gasteiger partial charge < -0.3 is 16.4 Å². The van der Waals surface area contributed by atoms with E-state index in [1.807, 2.05) is 31.2 Å². The van der Waals surface area contributed by atoms with Crippen molar-refractivity contribution in [2.75, 3.05) is 11.9 Å². The minimum Gasteiger partial charge on any atom is -0.349 e. The van der Waals surface area contributed by atoms with Crippen molar-refractivity contribution in [3.8, 4) is 0 Å². The van der Waals surface area contributed by atoms with Crippen molar-refractivity contribution < 1.29 is 9.59 Å². The van der Waals surface area contributed by atoms with E-state index in [0.717, 1.165) is 36.9 Å². The SMILES string of the molecule is CC(=O)Nc1cccc(C(C)NC(=O)C2(CN)CCCC2)c1. The van der Waals surface area contributed by atoms with Crippen molar-refractivity contribution in [3.05, 3.63) is 29.8 Å². The second kappa shape index (κ2) is 6.92. The average molecular weight is 303 g/mol. The number of carbonyl (C=O) groups excluding carboxylic acids is 2. The Morgan fingerprint density at radius 3 is 2.59 bits per heavy atom. The van der Waals surface area contributed by atoms with E-state index in [4.69, 9.17) is 5.73 Å². The fourth-order valence-corrected chi connectivity index (χ4v) is 3.10. The molecule has 1 aliphatic carbocycles. The van der Waals surface area contributed by atoms with E-state index in [0.29, 0.717) is 6.54 Å². The van der Waals surface area contributed by atoms with Gasteiger partial charge in [0.25, 0.3) is 0 Å². The molecule has 22 heavy (non-hydrogen) atoms. The third-order valence-corrected chi connectivity index (χ3v) is 4.49. The van der Waals surface area contributed by atoms with E-state index in [9.17, 15) is 9.59 Å². The number of hydrogen-bond acceptors (Lipinski definition) is 3. The molecular formula is C17H25N3O2. The predicted octanol–water partition coefficient (Wildman–Crippen LogP) is 2.34. The number of benzene rings is 1. The van der Waals surface area contributed by atoms with E-state index < -0.39 is 5.41 Å². The molecule has 5 nitrogen and oxygen atoms in total. The van der Waals surface area contributed by atoms with Gasteiger partial charge in [-0.3, -0.25) is 9.59 Å². The van der Waals surface area contributed by atoms with Crippen molar-refractivity contribution in [2.45, 2.75) is 45.6 Å². The molecule has 1 aliphatic rings. The van der Waals surface area contributed by atoms with Gasteiger partial charge in [-0.05, 0) is 37.5 Å². The quantitative estimate of drug-likeness (QED) is 0.780. The lowest BCUT2D eigenvalue weighted by molar-refractivity contribution is -0.131. The lowest BCUT2D eigenvalue weighted by Gasteiger charge is -2.28. The first-order valence-corrected chi connectivity index (χ1v) is 7.85. The molecule has 5 heteroatoms. The van der Waals surface area contributed by atoms with Crippen LogP contribution in [-0.2, 0) is 9.59 Å². The summed E-state index contributed by atoms with van der Waals surface area (Å²) in [5, 5.41) is 5.83. The van der Waals surface area contributed by atoms with Crippen LogP contribution in [0, 0.1) is 5.41 Å². The summed E-state index contributed by atoms with van der Waals surface area (Å²) in [5.41, 5.74) is 7.15. The highest BCUT2D eigenvalue weighted by Gasteiger charge is 2.40. The van der Waals surface area contributed by atoms with Gasteiger partial charge in [0.1, 0.15) is 0 Å². The maximum atomic E-state index is 12.6. The van der Waals surface area contributed by atoms with Crippen molar-refractivity contribution >= 4 is 17.5 Å². The number of carbonyl (C=O) groups is 2. The molecule has 1 saturated carbocycles. The standard InChI is InChI=1S/C17H25N3O2/c1-12(14-6-5-7-15(10-14)20-13(2)21)19-16(22)17(11-18)8-3-4-9-17/h5-7,10,12H,3-4,8-9,11,18H2,1-2H3,(H,19,22)(H,20,21). The molecule has 0 aromatic heterocycles. The first-order chi connectivity index (χ1) is 10.5. The molecular weight excluding hydrogens is 278 g/mol. The van der Waals surface area contributed by atoms with E-state index >= 15 is 0 Å². The van der Waals surface area contributed by atoms with Gasteiger partial charge in [-0.2, -0.15) is 0 Å². The van der Waals surface area contributed by atoms with E-state index in [1.54, 1.807) is 0 Å². The van der Waals surface area contributed by atoms with Crippen LogP contribution in [0.15, 0.2) is 24.3 Å². The fraction of sp³-hybridized carbons (Fsp3) is 0.529. The van der Waals surface area contributed by atoms with Crippen LogP contribution in [0.1, 0.15) is 51.1 Å². The number of amides is 2. The first kappa shape index (κ1) is 16.5. The molecule has 0 spiro atoms. The summed E-state index contributed by atoms with van der Waals surface area (Å²) in [6.07, 6.45) is 3.87. The molecule has 0 saturated heterocycles. The van der Waals surface area contributed by atoms with Crippen LogP contribution in [-0.4, -0.2) is 18.4 Å². The number of nitrogens with two attached hydrogens (primary N) is 1. The Bertz CT molecular complexity index is 551. The second-order valence-electron chi connectivity index (χ2n) is 6.19. The van der Waals surface area contributed by atoms with Crippen LogP contribution < -0.4 is 16.4 Å². The van der Waals surface area contributed by atoms with Gasteiger partial charge in [-0.15, -0.1) is 0 Å². The average Bonchev–Trinajstić information content (AvgIpc) is 2.97. The highest BCUT2D eigenvalue weighted by Crippen LogP contribution is 2.37. The van der Waals surface area contributed by atoms with Gasteiger partial charge in [-0.1, -0.05) is 25.0 Å². The Kier molecular flexibility index (Phi) is 5.19. The van der Waals surface area contributed by atoms with E-state index in [1.165, 1.54) is 6.92 Å². The van der Waals surface area contributed by atoms with Crippen LogP contribution in [0.4, 0.5) is 5.69 Å². The van der Waals surface area contributed by atoms with Gasteiger partial charge in [0, 0.05) is 19.2 Å². The highest BCUT2D eigenvalue weighted by molar-refractivity contribution is 5.88. The Hall–Kier alpha value is -1.88. The van der Waals surface area contributed by atoms with Crippen molar-refractivity contribution in [1.29, 1.82) is 0 Å². The van der Waals surface area contributed by atoms with Crippen LogP contribution in [0.2, 0.25) is 0 Å². The van der Waals surface area contributed by atoms with E-state index in [2.05, 4.69) is 10.6 Å². The van der Waals surface area contributed by atoms with Crippen molar-refractivity contribution in [2.24, 2.45) is 11.1 Å². The van der Waals surface area contributed by atoms with Gasteiger partial charge in [-0.25, -0.2) is 0 Å². The zero-order chi connectivity index (χ0) is 16.2. The van der Waals surface area contributed by atoms with E-state index in [-0.39, 0.29) is 17.9 Å². The largest absolute Gasteiger partial charge is 0.349 e. The molecule has 4 N–H and O–H groups in total. The normalized spacial score (nSPS) is 17.8. The maximum Gasteiger partial charge on any atom is 0.227 e. The third-order valence-electron chi connectivity index (χ3n) is 4.49. The molecule has 0 bridgehead atoms. The molecule has 120 valence electrons. The van der Waals surface area contributed by atoms with Gasteiger partial charge in [0.2, 0.25) is 11.8 Å². The fourth-order valence-electron chi connectivity index (χ4n) is 3.10. The zero-order valence-electron chi connectivity index (χ0n) is 13.3. The minimum absolute atomic E-state index is 0.0462. The number of nitrogens with one attached hydrogen (secondary N) is 2. The summed E-state index contributed by atoms with van der Waals surface area (Å²) in [7, 11) is 0. The van der Waals surface area contributed by atoms with Gasteiger partial charge in [0.05, 0.1) is 11.5 Å². The molecule has 2 rings (SSSR count). The Morgan fingerprint density at radius 1 is 1.32 bits per heavy atom. The Balaban J connectivity index is 2.06. The van der Waals surface area contributed by atoms with Crippen LogP contribution >= 0.6 is 0 Å². The molecule has 2 amide bonds. The second-order valence-corrected chi connectivity index (χ2v) is 6.19. The van der Waals surface area contributed by atoms with Crippen molar-refractivity contribution in [1.82, 2.24) is 5.32 Å². The summed E-state index contributed by atoms with van der Waals surface area (Å²) in [4.78, 5) is 23.7. The third kappa shape index (κ3) is 3.65. The smallest absolute Gasteiger partial charge is 0.227 e. The lowest BCUT2D eigenvalue weighted by Crippen LogP contribution is -2.44. The Morgan fingerprint density at radius 2 is 2.00 bits per heavy atom. The number of anilines is 1. The summed E-state index contributed by atoms with van der Waals surface area (Å²) >= 11 is 0.